The van der Waals surface area contributed by atoms with Gasteiger partial charge in [0.25, 0.3) is 0 Å². The predicted molar refractivity (Wildman–Crippen MR) is 112 cm³/mol. The third kappa shape index (κ3) is 4.76. The highest BCUT2D eigenvalue weighted by Gasteiger charge is 2.33. The number of aliphatic hydroxyl groups is 1. The van der Waals surface area contributed by atoms with Crippen LogP contribution in [0.3, 0.4) is 0 Å². The van der Waals surface area contributed by atoms with Gasteiger partial charge in [-0.1, -0.05) is 6.07 Å². The monoisotopic (exact) mass is 468 g/mol. The summed E-state index contributed by atoms with van der Waals surface area (Å²) < 4.78 is 53.1. The van der Waals surface area contributed by atoms with E-state index in [0.717, 1.165) is 6.07 Å². The second-order valence-corrected chi connectivity index (χ2v) is 9.69. The summed E-state index contributed by atoms with van der Waals surface area (Å²) in [5, 5.41) is 22.0. The number of rotatable bonds is 8. The van der Waals surface area contributed by atoms with Crippen LogP contribution in [-0.2, 0) is 20.0 Å². The topological polar surface area (TPSA) is 229 Å². The number of nitrogen functional groups attached to an aromatic ring is 1. The standard InChI is InChI=1S/C16H20N8O5S2/c17-9(7-25)6-23-31(28,29)12-4-3-10(11-2-1-5-20-15(11)18)13(14(12)30(19,26)27)16-21-8-22-24-16/h1-5,9,23,25H,6-8,17H2,(H2,18,20)(H2,19,26,27)/t9-/m1/s1. The van der Waals surface area contributed by atoms with E-state index in [1.807, 2.05) is 0 Å². The molecule has 3 rings (SSSR count). The number of sulfonamides is 2. The van der Waals surface area contributed by atoms with Crippen LogP contribution in [0.2, 0.25) is 0 Å². The number of nitrogens with two attached hydrogens (primary N) is 3. The molecule has 2 aromatic rings. The molecule has 0 radical (unpaired) electrons. The van der Waals surface area contributed by atoms with Gasteiger partial charge in [0, 0.05) is 24.3 Å². The molecule has 0 saturated heterocycles. The van der Waals surface area contributed by atoms with Crippen molar-refractivity contribution in [3.63, 3.8) is 0 Å². The van der Waals surface area contributed by atoms with Crippen LogP contribution in [0.4, 0.5) is 5.82 Å². The first kappa shape index (κ1) is 22.9. The van der Waals surface area contributed by atoms with E-state index >= 15 is 0 Å². The molecule has 1 aromatic heterocycles. The summed E-state index contributed by atoms with van der Waals surface area (Å²) >= 11 is 0. The zero-order valence-corrected chi connectivity index (χ0v) is 17.6. The van der Waals surface area contributed by atoms with E-state index in [0.29, 0.717) is 5.56 Å². The summed E-state index contributed by atoms with van der Waals surface area (Å²) in [6.45, 7) is -0.885. The minimum atomic E-state index is -4.62. The molecule has 31 heavy (non-hydrogen) atoms. The number of hydrogen-bond acceptors (Lipinski definition) is 11. The fourth-order valence-corrected chi connectivity index (χ4v) is 5.56. The number of amidine groups is 1. The molecule has 0 bridgehead atoms. The minimum Gasteiger partial charge on any atom is -0.395 e. The fourth-order valence-electron chi connectivity index (χ4n) is 2.87. The van der Waals surface area contributed by atoms with E-state index in [1.54, 1.807) is 12.1 Å². The molecule has 0 amide bonds. The minimum absolute atomic E-state index is 0.0675. The van der Waals surface area contributed by atoms with Crippen molar-refractivity contribution in [3.05, 3.63) is 36.0 Å². The van der Waals surface area contributed by atoms with Crippen LogP contribution in [0.5, 0.6) is 0 Å². The Morgan fingerprint density at radius 3 is 2.48 bits per heavy atom. The van der Waals surface area contributed by atoms with E-state index < -0.39 is 42.5 Å². The summed E-state index contributed by atoms with van der Waals surface area (Å²) in [5.74, 6) is -0.0475. The molecule has 0 unspecified atom stereocenters. The maximum absolute atomic E-state index is 12.9. The van der Waals surface area contributed by atoms with Crippen molar-refractivity contribution in [1.82, 2.24) is 9.71 Å². The van der Waals surface area contributed by atoms with Gasteiger partial charge in [-0.15, -0.1) is 5.11 Å². The van der Waals surface area contributed by atoms with Crippen molar-refractivity contribution < 1.29 is 21.9 Å². The lowest BCUT2D eigenvalue weighted by atomic mass is 9.99. The number of hydrogen-bond donors (Lipinski definition) is 5. The van der Waals surface area contributed by atoms with Gasteiger partial charge < -0.3 is 16.6 Å². The van der Waals surface area contributed by atoms with Crippen LogP contribution < -0.4 is 21.3 Å². The Morgan fingerprint density at radius 1 is 1.16 bits per heavy atom. The highest BCUT2D eigenvalue weighted by atomic mass is 32.2. The first-order valence-corrected chi connectivity index (χ1v) is 11.8. The third-order valence-electron chi connectivity index (χ3n) is 4.27. The third-order valence-corrected chi connectivity index (χ3v) is 6.86. The summed E-state index contributed by atoms with van der Waals surface area (Å²) in [5.41, 5.74) is 11.9. The van der Waals surface area contributed by atoms with Crippen molar-refractivity contribution in [2.45, 2.75) is 15.8 Å². The zero-order valence-electron chi connectivity index (χ0n) is 16.0. The van der Waals surface area contributed by atoms with Crippen molar-refractivity contribution in [2.75, 3.05) is 25.6 Å². The van der Waals surface area contributed by atoms with Crippen LogP contribution in [-0.4, -0.2) is 58.6 Å². The van der Waals surface area contributed by atoms with E-state index in [1.165, 1.54) is 12.3 Å². The Kier molecular flexibility index (Phi) is 6.44. The molecule has 15 heteroatoms. The summed E-state index contributed by atoms with van der Waals surface area (Å²) in [6, 6.07) is 4.69. The maximum Gasteiger partial charge on any atom is 0.242 e. The first-order chi connectivity index (χ1) is 14.6. The smallest absolute Gasteiger partial charge is 0.242 e. The van der Waals surface area contributed by atoms with E-state index in [9.17, 15) is 16.8 Å². The molecule has 1 aromatic carbocycles. The fraction of sp³-hybridized carbons (Fsp3) is 0.250. The molecule has 1 aliphatic heterocycles. The quantitative estimate of drug-likeness (QED) is 0.313. The average molecular weight is 469 g/mol. The molecule has 0 aliphatic carbocycles. The van der Waals surface area contributed by atoms with Gasteiger partial charge in [0.2, 0.25) is 20.0 Å². The number of nitrogens with one attached hydrogen (secondary N) is 1. The van der Waals surface area contributed by atoms with Gasteiger partial charge in [0.1, 0.15) is 15.6 Å². The molecule has 13 nitrogen and oxygen atoms in total. The second-order valence-electron chi connectivity index (χ2n) is 6.46. The van der Waals surface area contributed by atoms with Gasteiger partial charge in [-0.3, -0.25) is 0 Å². The number of primary sulfonamides is 1. The Bertz CT molecular complexity index is 1270. The van der Waals surface area contributed by atoms with Gasteiger partial charge in [-0.05, 0) is 23.8 Å². The van der Waals surface area contributed by atoms with Crippen LogP contribution in [0, 0.1) is 0 Å². The zero-order chi connectivity index (χ0) is 22.8. The molecule has 2 heterocycles. The van der Waals surface area contributed by atoms with Gasteiger partial charge in [-0.25, -0.2) is 36.7 Å². The van der Waals surface area contributed by atoms with Gasteiger partial charge >= 0.3 is 0 Å². The van der Waals surface area contributed by atoms with Crippen molar-refractivity contribution in [2.24, 2.45) is 26.1 Å². The highest BCUT2D eigenvalue weighted by molar-refractivity contribution is 7.92. The number of anilines is 1. The van der Waals surface area contributed by atoms with Gasteiger partial charge in [0.15, 0.2) is 12.5 Å². The Balaban J connectivity index is 2.34. The summed E-state index contributed by atoms with van der Waals surface area (Å²) in [6.07, 6.45) is 1.44. The van der Waals surface area contributed by atoms with Crippen LogP contribution in [0.1, 0.15) is 5.56 Å². The Labute approximate surface area is 178 Å². The van der Waals surface area contributed by atoms with Gasteiger partial charge in [0.05, 0.1) is 12.2 Å². The van der Waals surface area contributed by atoms with E-state index in [2.05, 4.69) is 24.9 Å². The lowest BCUT2D eigenvalue weighted by Crippen LogP contribution is -2.40. The molecule has 1 atom stereocenters. The van der Waals surface area contributed by atoms with E-state index in [-0.39, 0.29) is 36.0 Å². The van der Waals surface area contributed by atoms with Crippen molar-refractivity contribution in [1.29, 1.82) is 0 Å². The number of aliphatic imine (C=N–C) groups is 1. The largest absolute Gasteiger partial charge is 0.395 e. The molecule has 1 aliphatic rings. The number of benzene rings is 1. The number of aliphatic hydroxyl groups excluding tert-OH is 1. The van der Waals surface area contributed by atoms with Crippen LogP contribution in [0.15, 0.2) is 55.5 Å². The van der Waals surface area contributed by atoms with Crippen LogP contribution in [0.25, 0.3) is 11.1 Å². The second kappa shape index (κ2) is 8.74. The first-order valence-electron chi connectivity index (χ1n) is 8.75. The highest BCUT2D eigenvalue weighted by Crippen LogP contribution is 2.36. The SMILES string of the molecule is Nc1ncccc1-c1ccc(S(=O)(=O)NC[C@@H](N)CO)c(S(N)(=O)=O)c1C1=NCN=N1. The summed E-state index contributed by atoms with van der Waals surface area (Å²) in [7, 11) is -9.03. The molecule has 0 spiro atoms. The molecular weight excluding hydrogens is 448 g/mol. The molecule has 8 N–H and O–H groups in total. The van der Waals surface area contributed by atoms with E-state index in [4.69, 9.17) is 21.7 Å². The van der Waals surface area contributed by atoms with Crippen LogP contribution >= 0.6 is 0 Å². The predicted octanol–water partition coefficient (Wildman–Crippen LogP) is -1.25. The van der Waals surface area contributed by atoms with Crippen molar-refractivity contribution in [3.8, 4) is 11.1 Å². The number of pyridine rings is 1. The normalized spacial score (nSPS) is 15.1. The number of aromatic nitrogens is 1. The average Bonchev–Trinajstić information content (AvgIpc) is 3.25. The number of azo groups is 1. The van der Waals surface area contributed by atoms with Crippen molar-refractivity contribution >= 4 is 31.7 Å². The molecule has 0 fully saturated rings. The lowest BCUT2D eigenvalue weighted by molar-refractivity contribution is 0.266. The Morgan fingerprint density at radius 2 is 1.90 bits per heavy atom. The lowest BCUT2D eigenvalue weighted by Gasteiger charge is -2.18. The Hall–Kier alpha value is -2.82. The molecule has 166 valence electrons. The molecular formula is C16H20N8O5S2. The molecule has 0 saturated carbocycles. The summed E-state index contributed by atoms with van der Waals surface area (Å²) in [4.78, 5) is 6.66. The van der Waals surface area contributed by atoms with Gasteiger partial charge in [-0.2, -0.15) is 5.11 Å². The number of nitrogens with zero attached hydrogens (tertiary/aromatic N) is 4. The maximum atomic E-state index is 12.9.